The van der Waals surface area contributed by atoms with Crippen molar-refractivity contribution in [3.05, 3.63) is 32.2 Å². The van der Waals surface area contributed by atoms with Crippen LogP contribution >= 0.6 is 22.7 Å². The molecule has 2 aromatic rings. The Morgan fingerprint density at radius 3 is 1.86 bits per heavy atom. The number of carbonyl (C=O) groups excluding carboxylic acids is 2. The SMILES string of the molecule is COC(=O)c1csc(C)n1.Cc1nc(C(=O)NN)cs1.NN. The second-order valence-corrected chi connectivity index (χ2v) is 5.59. The highest BCUT2D eigenvalue weighted by molar-refractivity contribution is 7.10. The fourth-order valence-corrected chi connectivity index (χ4v) is 2.28. The number of amides is 1. The van der Waals surface area contributed by atoms with Crippen molar-refractivity contribution in [2.24, 2.45) is 17.5 Å². The number of hydrazine groups is 2. The van der Waals surface area contributed by atoms with Gasteiger partial charge in [0.15, 0.2) is 5.69 Å². The van der Waals surface area contributed by atoms with Crippen molar-refractivity contribution >= 4 is 34.6 Å². The number of carbonyl (C=O) groups is 2. The Bertz CT molecular complexity index is 546. The molecule has 0 aliphatic heterocycles. The maximum atomic E-state index is 10.7. The predicted molar refractivity (Wildman–Crippen MR) is 85.1 cm³/mol. The Morgan fingerprint density at radius 1 is 1.09 bits per heavy atom. The topological polar surface area (TPSA) is 159 Å². The minimum atomic E-state index is -0.371. The lowest BCUT2D eigenvalue weighted by molar-refractivity contribution is 0.0594. The highest BCUT2D eigenvalue weighted by Crippen LogP contribution is 2.08. The molecule has 0 atom stereocenters. The van der Waals surface area contributed by atoms with Gasteiger partial charge in [-0.15, -0.1) is 22.7 Å². The zero-order valence-electron chi connectivity index (χ0n) is 12.3. The van der Waals surface area contributed by atoms with Crippen LogP contribution in [0.2, 0.25) is 0 Å². The molecule has 0 aliphatic rings. The molecule has 1 amide bonds. The molecule has 0 aliphatic carbocycles. The lowest BCUT2D eigenvalue weighted by Crippen LogP contribution is -2.30. The van der Waals surface area contributed by atoms with Crippen LogP contribution in [0.1, 0.15) is 31.0 Å². The molecule has 11 heteroatoms. The van der Waals surface area contributed by atoms with Crippen LogP contribution in [0.15, 0.2) is 10.8 Å². The van der Waals surface area contributed by atoms with Crippen LogP contribution in [0.5, 0.6) is 0 Å². The van der Waals surface area contributed by atoms with Gasteiger partial charge >= 0.3 is 5.97 Å². The first-order valence-corrected chi connectivity index (χ1v) is 7.50. The Labute approximate surface area is 135 Å². The second kappa shape index (κ2) is 10.8. The number of nitrogen functional groups attached to an aromatic ring is 1. The second-order valence-electron chi connectivity index (χ2n) is 3.47. The number of esters is 1. The van der Waals surface area contributed by atoms with E-state index in [0.717, 1.165) is 10.0 Å². The normalized spacial score (nSPS) is 8.82. The van der Waals surface area contributed by atoms with Crippen LogP contribution in [0, 0.1) is 13.8 Å². The number of methoxy groups -OCH3 is 1. The quantitative estimate of drug-likeness (QED) is 0.258. The molecule has 0 saturated heterocycles. The summed E-state index contributed by atoms with van der Waals surface area (Å²) in [5, 5.41) is 5.08. The number of nitrogens with one attached hydrogen (secondary N) is 1. The van der Waals surface area contributed by atoms with Crippen molar-refractivity contribution in [1.29, 1.82) is 0 Å². The van der Waals surface area contributed by atoms with Gasteiger partial charge in [-0.2, -0.15) is 0 Å². The maximum Gasteiger partial charge on any atom is 0.357 e. The molecule has 7 N–H and O–H groups in total. The molecule has 0 fully saturated rings. The van der Waals surface area contributed by atoms with Crippen LogP contribution in [-0.2, 0) is 4.74 Å². The molecule has 0 aromatic carbocycles. The van der Waals surface area contributed by atoms with E-state index in [0.29, 0.717) is 11.4 Å². The van der Waals surface area contributed by atoms with Gasteiger partial charge in [-0.3, -0.25) is 21.9 Å². The van der Waals surface area contributed by atoms with Crippen LogP contribution in [-0.4, -0.2) is 29.0 Å². The maximum absolute atomic E-state index is 10.7. The van der Waals surface area contributed by atoms with E-state index in [1.54, 1.807) is 10.8 Å². The monoisotopic (exact) mass is 346 g/mol. The van der Waals surface area contributed by atoms with Crippen LogP contribution in [0.4, 0.5) is 0 Å². The molecule has 9 nitrogen and oxygen atoms in total. The minimum absolute atomic E-state index is 0.343. The number of nitrogens with two attached hydrogens (primary N) is 3. The van der Waals surface area contributed by atoms with Crippen molar-refractivity contribution in [2.75, 3.05) is 7.11 Å². The van der Waals surface area contributed by atoms with E-state index in [4.69, 9.17) is 5.84 Å². The Hall–Kier alpha value is -1.92. The van der Waals surface area contributed by atoms with Crippen LogP contribution in [0.25, 0.3) is 0 Å². The summed E-state index contributed by atoms with van der Waals surface area (Å²) in [5.41, 5.74) is 2.77. The standard InChI is InChI=1S/C6H7NO2S.C5H7N3OS.H4N2/c1-4-7-5(3-10-4)6(8)9-2;1-3-7-4(2-10-3)5(9)8-6;1-2/h3H,1-2H3;2H,6H2,1H3,(H,8,9);1-2H2. The van der Waals surface area contributed by atoms with Gasteiger partial charge in [0.2, 0.25) is 0 Å². The molecule has 0 radical (unpaired) electrons. The smallest absolute Gasteiger partial charge is 0.357 e. The van der Waals surface area contributed by atoms with Crippen LogP contribution < -0.4 is 23.0 Å². The molecule has 122 valence electrons. The van der Waals surface area contributed by atoms with Gasteiger partial charge in [0.25, 0.3) is 5.91 Å². The first-order chi connectivity index (χ1) is 10.5. The van der Waals surface area contributed by atoms with Gasteiger partial charge in [-0.25, -0.2) is 20.6 Å². The predicted octanol–water partition coefficient (Wildman–Crippen LogP) is 0.112. The molecule has 0 bridgehead atoms. The van der Waals surface area contributed by atoms with Crippen molar-refractivity contribution < 1.29 is 14.3 Å². The third kappa shape index (κ3) is 6.69. The molecule has 2 rings (SSSR count). The molecular formula is C11H18N6O3S2. The average Bonchev–Trinajstić information content (AvgIpc) is 3.17. The Kier molecular flexibility index (Phi) is 9.82. The summed E-state index contributed by atoms with van der Waals surface area (Å²) >= 11 is 2.86. The van der Waals surface area contributed by atoms with Crippen molar-refractivity contribution in [3.8, 4) is 0 Å². The zero-order valence-corrected chi connectivity index (χ0v) is 14.0. The van der Waals surface area contributed by atoms with E-state index in [2.05, 4.69) is 26.4 Å². The summed E-state index contributed by atoms with van der Waals surface area (Å²) in [6, 6.07) is 0. The number of ether oxygens (including phenoxy) is 1. The van der Waals surface area contributed by atoms with E-state index in [1.807, 2.05) is 19.3 Å². The van der Waals surface area contributed by atoms with Gasteiger partial charge in [0.05, 0.1) is 17.1 Å². The molecule has 0 spiro atoms. The fraction of sp³-hybridized carbons (Fsp3) is 0.273. The van der Waals surface area contributed by atoms with E-state index in [9.17, 15) is 9.59 Å². The fourth-order valence-electron chi connectivity index (χ4n) is 1.10. The van der Waals surface area contributed by atoms with E-state index in [1.165, 1.54) is 29.8 Å². The van der Waals surface area contributed by atoms with Gasteiger partial charge < -0.3 is 4.74 Å². The lowest BCUT2D eigenvalue weighted by Gasteiger charge is -1.90. The van der Waals surface area contributed by atoms with Crippen LogP contribution in [0.3, 0.4) is 0 Å². The zero-order chi connectivity index (χ0) is 17.1. The molecule has 2 heterocycles. The van der Waals surface area contributed by atoms with E-state index in [-0.39, 0.29) is 11.9 Å². The number of hydrogen-bond acceptors (Lipinski definition) is 10. The van der Waals surface area contributed by atoms with Crippen molar-refractivity contribution in [1.82, 2.24) is 15.4 Å². The highest BCUT2D eigenvalue weighted by atomic mass is 32.1. The van der Waals surface area contributed by atoms with Crippen molar-refractivity contribution in [2.45, 2.75) is 13.8 Å². The number of nitrogens with zero attached hydrogens (tertiary/aromatic N) is 2. The summed E-state index contributed by atoms with van der Waals surface area (Å²) < 4.78 is 4.45. The third-order valence-corrected chi connectivity index (χ3v) is 3.54. The summed E-state index contributed by atoms with van der Waals surface area (Å²) in [6.45, 7) is 3.68. The summed E-state index contributed by atoms with van der Waals surface area (Å²) in [7, 11) is 1.34. The summed E-state index contributed by atoms with van der Waals surface area (Å²) in [5.74, 6) is 12.2. The molecule has 0 saturated carbocycles. The number of thiazole rings is 2. The largest absolute Gasteiger partial charge is 0.464 e. The first kappa shape index (κ1) is 20.1. The summed E-state index contributed by atoms with van der Waals surface area (Å²) in [4.78, 5) is 29.3. The minimum Gasteiger partial charge on any atom is -0.464 e. The van der Waals surface area contributed by atoms with E-state index >= 15 is 0 Å². The molecule has 22 heavy (non-hydrogen) atoms. The lowest BCUT2D eigenvalue weighted by atomic mass is 10.5. The number of aromatic nitrogens is 2. The van der Waals surface area contributed by atoms with E-state index < -0.39 is 0 Å². The number of hydrogen-bond donors (Lipinski definition) is 4. The molecule has 2 aromatic heterocycles. The van der Waals surface area contributed by atoms with Gasteiger partial charge in [-0.1, -0.05) is 0 Å². The first-order valence-electron chi connectivity index (χ1n) is 5.74. The number of aryl methyl sites for hydroxylation is 2. The Balaban J connectivity index is 0.000000360. The summed E-state index contributed by atoms with van der Waals surface area (Å²) in [6.07, 6.45) is 0. The molecule has 0 unspecified atom stereocenters. The Morgan fingerprint density at radius 2 is 1.55 bits per heavy atom. The third-order valence-electron chi connectivity index (χ3n) is 2.00. The average molecular weight is 346 g/mol. The number of rotatable bonds is 2. The van der Waals surface area contributed by atoms with Crippen molar-refractivity contribution in [3.63, 3.8) is 0 Å². The van der Waals surface area contributed by atoms with Gasteiger partial charge in [-0.05, 0) is 13.8 Å². The van der Waals surface area contributed by atoms with Gasteiger partial charge in [0.1, 0.15) is 5.69 Å². The molecular weight excluding hydrogens is 328 g/mol. The highest BCUT2D eigenvalue weighted by Gasteiger charge is 2.07. The van der Waals surface area contributed by atoms with Gasteiger partial charge in [0, 0.05) is 10.8 Å².